The molecule has 4 rings (SSSR count). The number of carbonyl (C=O) groups is 3. The van der Waals surface area contributed by atoms with E-state index in [1.807, 2.05) is 6.07 Å². The number of ether oxygens (including phenoxy) is 3. The Morgan fingerprint density at radius 2 is 1.69 bits per heavy atom. The number of benzene rings is 3. The Hall–Kier alpha value is -3.56. The van der Waals surface area contributed by atoms with Crippen LogP contribution in [0.15, 0.2) is 82.2 Å². The SMILES string of the molecule is COc1ccccc1OCCN1C(=O)S/C(=C\c2cc(Br)ccc2OC(=O)c2ccccc2)C1=O. The zero-order chi connectivity index (χ0) is 24.8. The van der Waals surface area contributed by atoms with Crippen LogP contribution in [-0.4, -0.2) is 42.3 Å². The lowest BCUT2D eigenvalue weighted by Gasteiger charge is -2.14. The van der Waals surface area contributed by atoms with Crippen molar-refractivity contribution in [2.45, 2.75) is 0 Å². The van der Waals surface area contributed by atoms with Gasteiger partial charge in [0.25, 0.3) is 11.1 Å². The van der Waals surface area contributed by atoms with Gasteiger partial charge < -0.3 is 14.2 Å². The highest BCUT2D eigenvalue weighted by Gasteiger charge is 2.35. The number of esters is 1. The fraction of sp³-hybridized carbons (Fsp3) is 0.115. The molecule has 1 aliphatic rings. The molecule has 0 spiro atoms. The van der Waals surface area contributed by atoms with Crippen molar-refractivity contribution in [3.8, 4) is 17.2 Å². The van der Waals surface area contributed by atoms with Gasteiger partial charge in [-0.1, -0.05) is 46.3 Å². The Morgan fingerprint density at radius 1 is 0.971 bits per heavy atom. The van der Waals surface area contributed by atoms with Gasteiger partial charge in [-0.25, -0.2) is 4.79 Å². The molecular formula is C26H20BrNO6S. The molecule has 1 fully saturated rings. The molecule has 0 radical (unpaired) electrons. The molecule has 0 aliphatic carbocycles. The Kier molecular flexibility index (Phi) is 7.89. The van der Waals surface area contributed by atoms with Crippen molar-refractivity contribution in [1.29, 1.82) is 0 Å². The number of para-hydroxylation sites is 2. The minimum absolute atomic E-state index is 0.0778. The molecule has 9 heteroatoms. The first-order chi connectivity index (χ1) is 17.0. The van der Waals surface area contributed by atoms with Crippen LogP contribution in [0.2, 0.25) is 0 Å². The molecule has 1 aliphatic heterocycles. The Labute approximate surface area is 214 Å². The molecule has 7 nitrogen and oxygen atoms in total. The summed E-state index contributed by atoms with van der Waals surface area (Å²) in [5.41, 5.74) is 0.885. The Morgan fingerprint density at radius 3 is 2.43 bits per heavy atom. The number of imide groups is 1. The van der Waals surface area contributed by atoms with Crippen LogP contribution in [0.4, 0.5) is 4.79 Å². The minimum atomic E-state index is -0.524. The van der Waals surface area contributed by atoms with Gasteiger partial charge in [0.15, 0.2) is 11.5 Å². The predicted molar refractivity (Wildman–Crippen MR) is 137 cm³/mol. The van der Waals surface area contributed by atoms with Crippen LogP contribution < -0.4 is 14.2 Å². The summed E-state index contributed by atoms with van der Waals surface area (Å²) < 4.78 is 17.2. The van der Waals surface area contributed by atoms with E-state index in [4.69, 9.17) is 14.2 Å². The number of nitrogens with zero attached hydrogens (tertiary/aromatic N) is 1. The fourth-order valence-electron chi connectivity index (χ4n) is 3.28. The number of halogens is 1. The molecule has 0 aromatic heterocycles. The molecule has 1 saturated heterocycles. The average Bonchev–Trinajstić information content (AvgIpc) is 3.13. The van der Waals surface area contributed by atoms with Crippen LogP contribution in [0, 0.1) is 0 Å². The second-order valence-electron chi connectivity index (χ2n) is 7.27. The van der Waals surface area contributed by atoms with Crippen LogP contribution in [0.25, 0.3) is 6.08 Å². The van der Waals surface area contributed by atoms with Gasteiger partial charge in [-0.15, -0.1) is 0 Å². The molecule has 0 bridgehead atoms. The van der Waals surface area contributed by atoms with E-state index >= 15 is 0 Å². The normalized spacial score (nSPS) is 14.3. The van der Waals surface area contributed by atoms with Gasteiger partial charge in [0.2, 0.25) is 0 Å². The molecule has 0 atom stereocenters. The molecule has 3 aromatic rings. The molecular weight excluding hydrogens is 534 g/mol. The molecule has 35 heavy (non-hydrogen) atoms. The van der Waals surface area contributed by atoms with Gasteiger partial charge in [-0.2, -0.15) is 0 Å². The number of rotatable bonds is 8. The first-order valence-electron chi connectivity index (χ1n) is 10.5. The smallest absolute Gasteiger partial charge is 0.343 e. The lowest BCUT2D eigenvalue weighted by atomic mass is 10.1. The average molecular weight is 554 g/mol. The highest BCUT2D eigenvalue weighted by molar-refractivity contribution is 9.10. The van der Waals surface area contributed by atoms with E-state index in [0.29, 0.717) is 22.6 Å². The van der Waals surface area contributed by atoms with Gasteiger partial charge in [0, 0.05) is 10.0 Å². The van der Waals surface area contributed by atoms with Gasteiger partial charge in [0.05, 0.1) is 24.1 Å². The van der Waals surface area contributed by atoms with E-state index < -0.39 is 17.1 Å². The third kappa shape index (κ3) is 5.93. The van der Waals surface area contributed by atoms with E-state index in [-0.39, 0.29) is 23.8 Å². The number of hydrogen-bond acceptors (Lipinski definition) is 7. The predicted octanol–water partition coefficient (Wildman–Crippen LogP) is 5.79. The quantitative estimate of drug-likeness (QED) is 0.198. The van der Waals surface area contributed by atoms with Crippen molar-refractivity contribution >= 4 is 50.9 Å². The summed E-state index contributed by atoms with van der Waals surface area (Å²) in [6.07, 6.45) is 1.55. The van der Waals surface area contributed by atoms with Gasteiger partial charge in [-0.3, -0.25) is 14.5 Å². The van der Waals surface area contributed by atoms with Gasteiger partial charge >= 0.3 is 5.97 Å². The number of hydrogen-bond donors (Lipinski definition) is 0. The summed E-state index contributed by atoms with van der Waals surface area (Å²) in [5.74, 6) is 0.395. The third-order valence-corrected chi connectivity index (χ3v) is 6.39. The summed E-state index contributed by atoms with van der Waals surface area (Å²) >= 11 is 4.22. The maximum Gasteiger partial charge on any atom is 0.343 e. The lowest BCUT2D eigenvalue weighted by Crippen LogP contribution is -2.32. The molecule has 1 heterocycles. The highest BCUT2D eigenvalue weighted by atomic mass is 79.9. The number of thioether (sulfide) groups is 1. The van der Waals surface area contributed by atoms with Crippen molar-refractivity contribution in [3.05, 3.63) is 93.3 Å². The first-order valence-corrected chi connectivity index (χ1v) is 12.1. The number of carbonyl (C=O) groups excluding carboxylic acids is 3. The van der Waals surface area contributed by atoms with Crippen molar-refractivity contribution in [2.24, 2.45) is 0 Å². The van der Waals surface area contributed by atoms with E-state index in [1.54, 1.807) is 72.8 Å². The summed E-state index contributed by atoms with van der Waals surface area (Å²) in [6, 6.07) is 20.8. The molecule has 2 amide bonds. The van der Waals surface area contributed by atoms with Crippen LogP contribution in [0.3, 0.4) is 0 Å². The first kappa shape index (κ1) is 24.6. The van der Waals surface area contributed by atoms with E-state index in [2.05, 4.69) is 15.9 Å². The Balaban J connectivity index is 1.48. The number of amides is 2. The van der Waals surface area contributed by atoms with Crippen LogP contribution in [0.5, 0.6) is 17.2 Å². The van der Waals surface area contributed by atoms with Gasteiger partial charge in [0.1, 0.15) is 12.4 Å². The van der Waals surface area contributed by atoms with Crippen molar-refractivity contribution in [1.82, 2.24) is 4.90 Å². The second-order valence-corrected chi connectivity index (χ2v) is 9.18. The fourth-order valence-corrected chi connectivity index (χ4v) is 4.51. The topological polar surface area (TPSA) is 82.1 Å². The van der Waals surface area contributed by atoms with E-state index in [1.165, 1.54) is 7.11 Å². The molecule has 0 N–H and O–H groups in total. The summed E-state index contributed by atoms with van der Waals surface area (Å²) in [4.78, 5) is 39.3. The van der Waals surface area contributed by atoms with E-state index in [0.717, 1.165) is 21.1 Å². The maximum absolute atomic E-state index is 12.9. The molecule has 3 aromatic carbocycles. The third-order valence-electron chi connectivity index (χ3n) is 4.99. The molecule has 178 valence electrons. The standard InChI is InChI=1S/C26H20BrNO6S/c1-32-21-9-5-6-10-22(21)33-14-13-28-24(29)23(35-26(28)31)16-18-15-19(27)11-12-20(18)34-25(30)17-7-3-2-4-8-17/h2-12,15-16H,13-14H2,1H3/b23-16-. The highest BCUT2D eigenvalue weighted by Crippen LogP contribution is 2.35. The molecule has 0 unspecified atom stereocenters. The summed E-state index contributed by atoms with van der Waals surface area (Å²) in [5, 5.41) is -0.400. The minimum Gasteiger partial charge on any atom is -0.493 e. The van der Waals surface area contributed by atoms with Crippen LogP contribution in [0.1, 0.15) is 15.9 Å². The summed E-state index contributed by atoms with van der Waals surface area (Å²) in [6.45, 7) is 0.191. The zero-order valence-electron chi connectivity index (χ0n) is 18.6. The lowest BCUT2D eigenvalue weighted by molar-refractivity contribution is -0.123. The van der Waals surface area contributed by atoms with Crippen molar-refractivity contribution < 1.29 is 28.6 Å². The van der Waals surface area contributed by atoms with Gasteiger partial charge in [-0.05, 0) is 60.3 Å². The van der Waals surface area contributed by atoms with Crippen molar-refractivity contribution in [2.75, 3.05) is 20.3 Å². The largest absolute Gasteiger partial charge is 0.493 e. The monoisotopic (exact) mass is 553 g/mol. The van der Waals surface area contributed by atoms with Crippen molar-refractivity contribution in [3.63, 3.8) is 0 Å². The zero-order valence-corrected chi connectivity index (χ0v) is 21.0. The van der Waals surface area contributed by atoms with Crippen LogP contribution >= 0.6 is 27.7 Å². The van der Waals surface area contributed by atoms with Crippen LogP contribution in [-0.2, 0) is 4.79 Å². The van der Waals surface area contributed by atoms with E-state index in [9.17, 15) is 14.4 Å². The molecule has 0 saturated carbocycles. The number of methoxy groups -OCH3 is 1. The maximum atomic E-state index is 12.9. The second kappa shape index (κ2) is 11.2. The summed E-state index contributed by atoms with van der Waals surface area (Å²) in [7, 11) is 1.54. The Bertz CT molecular complexity index is 1290.